The van der Waals surface area contributed by atoms with E-state index in [-0.39, 0.29) is 19.0 Å². The number of hydrogen-bond acceptors (Lipinski definition) is 3. The van der Waals surface area contributed by atoms with Gasteiger partial charge in [-0.3, -0.25) is 4.79 Å². The van der Waals surface area contributed by atoms with Gasteiger partial charge in [0, 0.05) is 30.8 Å². The smallest absolute Gasteiger partial charge is 0.267 e. The van der Waals surface area contributed by atoms with Gasteiger partial charge in [-0.1, -0.05) is 0 Å². The Morgan fingerprint density at radius 2 is 2.12 bits per heavy atom. The normalized spacial score (nSPS) is 11.5. The Hall–Kier alpha value is -0.860. The summed E-state index contributed by atoms with van der Waals surface area (Å²) in [6.07, 6.45) is 2.84. The van der Waals surface area contributed by atoms with Crippen LogP contribution in [0.15, 0.2) is 16.7 Å². The second kappa shape index (κ2) is 5.65. The standard InChI is InChI=1S/C9H14BrN3O3S/c1-13-6-7(10)5-8(13)9(14)11-3-4-12-17(2,15)16/h5-6,12H,3-4H2,1-2H3,(H,11,14). The summed E-state index contributed by atoms with van der Waals surface area (Å²) in [5.74, 6) is -0.242. The summed E-state index contributed by atoms with van der Waals surface area (Å²) >= 11 is 3.27. The van der Waals surface area contributed by atoms with Gasteiger partial charge in [0.05, 0.1) is 6.26 Å². The van der Waals surface area contributed by atoms with Crippen LogP contribution in [0.4, 0.5) is 0 Å². The van der Waals surface area contributed by atoms with Crippen LogP contribution in [-0.2, 0) is 17.1 Å². The molecule has 2 N–H and O–H groups in total. The molecular weight excluding hydrogens is 310 g/mol. The lowest BCUT2D eigenvalue weighted by Gasteiger charge is -2.06. The number of rotatable bonds is 5. The van der Waals surface area contributed by atoms with Crippen molar-refractivity contribution in [1.82, 2.24) is 14.6 Å². The molecule has 0 saturated heterocycles. The summed E-state index contributed by atoms with van der Waals surface area (Å²) in [6, 6.07) is 1.69. The largest absolute Gasteiger partial charge is 0.349 e. The molecule has 1 aromatic rings. The van der Waals surface area contributed by atoms with Gasteiger partial charge >= 0.3 is 0 Å². The first kappa shape index (κ1) is 14.2. The molecular formula is C9H14BrN3O3S. The molecule has 0 unspecified atom stereocenters. The zero-order valence-electron chi connectivity index (χ0n) is 9.53. The lowest BCUT2D eigenvalue weighted by molar-refractivity contribution is 0.0946. The van der Waals surface area contributed by atoms with Crippen molar-refractivity contribution in [3.05, 3.63) is 22.4 Å². The van der Waals surface area contributed by atoms with Gasteiger partial charge in [0.2, 0.25) is 10.0 Å². The number of hydrogen-bond donors (Lipinski definition) is 2. The third-order valence-electron chi connectivity index (χ3n) is 1.98. The van der Waals surface area contributed by atoms with Gasteiger partial charge < -0.3 is 9.88 Å². The second-order valence-corrected chi connectivity index (χ2v) is 6.33. The van der Waals surface area contributed by atoms with E-state index >= 15 is 0 Å². The van der Waals surface area contributed by atoms with Crippen molar-refractivity contribution < 1.29 is 13.2 Å². The number of carbonyl (C=O) groups excluding carboxylic acids is 1. The molecule has 0 aliphatic heterocycles. The number of aromatic nitrogens is 1. The van der Waals surface area contributed by atoms with E-state index in [1.54, 1.807) is 23.9 Å². The van der Waals surface area contributed by atoms with Gasteiger partial charge in [0.25, 0.3) is 5.91 Å². The van der Waals surface area contributed by atoms with Crippen LogP contribution in [0.25, 0.3) is 0 Å². The van der Waals surface area contributed by atoms with E-state index in [1.807, 2.05) is 0 Å². The summed E-state index contributed by atoms with van der Waals surface area (Å²) in [5, 5.41) is 2.62. The van der Waals surface area contributed by atoms with Gasteiger partial charge in [-0.05, 0) is 22.0 Å². The average Bonchev–Trinajstić information content (AvgIpc) is 2.51. The Balaban J connectivity index is 2.43. The highest BCUT2D eigenvalue weighted by Gasteiger charge is 2.10. The Morgan fingerprint density at radius 1 is 1.47 bits per heavy atom. The van der Waals surface area contributed by atoms with E-state index in [4.69, 9.17) is 0 Å². The molecule has 0 atom stereocenters. The molecule has 1 rings (SSSR count). The molecule has 96 valence electrons. The number of nitrogens with one attached hydrogen (secondary N) is 2. The first-order valence-corrected chi connectivity index (χ1v) is 7.53. The topological polar surface area (TPSA) is 80.2 Å². The zero-order valence-corrected chi connectivity index (χ0v) is 11.9. The monoisotopic (exact) mass is 323 g/mol. The molecule has 0 radical (unpaired) electrons. The summed E-state index contributed by atoms with van der Waals surface area (Å²) in [5.41, 5.74) is 0.510. The summed E-state index contributed by atoms with van der Waals surface area (Å²) in [4.78, 5) is 11.7. The minimum absolute atomic E-state index is 0.177. The summed E-state index contributed by atoms with van der Waals surface area (Å²) < 4.78 is 26.3. The molecule has 0 saturated carbocycles. The van der Waals surface area contributed by atoms with Gasteiger partial charge in [0.1, 0.15) is 5.69 Å². The van der Waals surface area contributed by atoms with E-state index in [1.165, 1.54) is 0 Å². The van der Waals surface area contributed by atoms with Crippen LogP contribution in [0.3, 0.4) is 0 Å². The summed E-state index contributed by atoms with van der Waals surface area (Å²) in [6.45, 7) is 0.421. The first-order valence-electron chi connectivity index (χ1n) is 4.84. The molecule has 6 nitrogen and oxygen atoms in total. The van der Waals surface area contributed by atoms with Crippen LogP contribution in [0.1, 0.15) is 10.5 Å². The predicted molar refractivity (Wildman–Crippen MR) is 68.3 cm³/mol. The SMILES string of the molecule is Cn1cc(Br)cc1C(=O)NCCNS(C)(=O)=O. The highest BCUT2D eigenvalue weighted by Crippen LogP contribution is 2.13. The second-order valence-electron chi connectivity index (χ2n) is 3.58. The van der Waals surface area contributed by atoms with Crippen LogP contribution < -0.4 is 10.0 Å². The minimum Gasteiger partial charge on any atom is -0.349 e. The third-order valence-corrected chi connectivity index (χ3v) is 3.14. The van der Waals surface area contributed by atoms with Crippen molar-refractivity contribution in [3.8, 4) is 0 Å². The number of halogens is 1. The number of nitrogens with zero attached hydrogens (tertiary/aromatic N) is 1. The molecule has 1 heterocycles. The number of sulfonamides is 1. The van der Waals surface area contributed by atoms with Crippen molar-refractivity contribution in [2.24, 2.45) is 7.05 Å². The van der Waals surface area contributed by atoms with E-state index < -0.39 is 10.0 Å². The van der Waals surface area contributed by atoms with Crippen molar-refractivity contribution in [3.63, 3.8) is 0 Å². The van der Waals surface area contributed by atoms with Gasteiger partial charge in [-0.25, -0.2) is 13.1 Å². The quantitative estimate of drug-likeness (QED) is 0.752. The number of carbonyl (C=O) groups is 1. The Labute approximate surface area is 109 Å². The third kappa shape index (κ3) is 4.88. The fraction of sp³-hybridized carbons (Fsp3) is 0.444. The van der Waals surface area contributed by atoms with Crippen LogP contribution >= 0.6 is 15.9 Å². The lowest BCUT2D eigenvalue weighted by atomic mass is 10.4. The van der Waals surface area contributed by atoms with Gasteiger partial charge in [0.15, 0.2) is 0 Å². The van der Waals surface area contributed by atoms with E-state index in [0.717, 1.165) is 10.7 Å². The molecule has 1 amide bonds. The van der Waals surface area contributed by atoms with Crippen LogP contribution in [0, 0.1) is 0 Å². The number of amides is 1. The molecule has 1 aromatic heterocycles. The highest BCUT2D eigenvalue weighted by molar-refractivity contribution is 9.10. The maximum Gasteiger partial charge on any atom is 0.267 e. The molecule has 0 aliphatic carbocycles. The van der Waals surface area contributed by atoms with Crippen molar-refractivity contribution >= 4 is 31.9 Å². The molecule has 0 spiro atoms. The highest BCUT2D eigenvalue weighted by atomic mass is 79.9. The molecule has 0 bridgehead atoms. The minimum atomic E-state index is -3.20. The van der Waals surface area contributed by atoms with E-state index in [9.17, 15) is 13.2 Å². The van der Waals surface area contributed by atoms with Gasteiger partial charge in [-0.15, -0.1) is 0 Å². The maximum absolute atomic E-state index is 11.7. The molecule has 0 aliphatic rings. The molecule has 0 fully saturated rings. The fourth-order valence-corrected chi connectivity index (χ4v) is 2.25. The van der Waals surface area contributed by atoms with Crippen molar-refractivity contribution in [2.45, 2.75) is 0 Å². The van der Waals surface area contributed by atoms with Crippen LogP contribution in [0.5, 0.6) is 0 Å². The van der Waals surface area contributed by atoms with E-state index in [2.05, 4.69) is 26.0 Å². The lowest BCUT2D eigenvalue weighted by Crippen LogP contribution is -2.34. The fourth-order valence-electron chi connectivity index (χ4n) is 1.25. The predicted octanol–water partition coefficient (Wildman–Crippen LogP) is 0.0666. The molecule has 8 heteroatoms. The average molecular weight is 324 g/mol. The Kier molecular flexibility index (Phi) is 4.72. The number of aryl methyl sites for hydroxylation is 1. The van der Waals surface area contributed by atoms with Gasteiger partial charge in [-0.2, -0.15) is 0 Å². The zero-order chi connectivity index (χ0) is 13.1. The Morgan fingerprint density at radius 3 is 2.59 bits per heavy atom. The van der Waals surface area contributed by atoms with Crippen LogP contribution in [0.2, 0.25) is 0 Å². The summed E-state index contributed by atoms with van der Waals surface area (Å²) in [7, 11) is -1.45. The van der Waals surface area contributed by atoms with Crippen molar-refractivity contribution in [1.29, 1.82) is 0 Å². The maximum atomic E-state index is 11.7. The molecule has 17 heavy (non-hydrogen) atoms. The molecule has 0 aromatic carbocycles. The van der Waals surface area contributed by atoms with E-state index in [0.29, 0.717) is 5.69 Å². The van der Waals surface area contributed by atoms with Crippen LogP contribution in [-0.4, -0.2) is 38.2 Å². The Bertz CT molecular complexity index is 510. The van der Waals surface area contributed by atoms with Crippen molar-refractivity contribution in [2.75, 3.05) is 19.3 Å². The first-order chi connectivity index (χ1) is 7.79.